The monoisotopic (exact) mass is 807 g/mol. The van der Waals surface area contributed by atoms with Crippen LogP contribution in [0.25, 0.3) is 0 Å². The Bertz CT molecular complexity index is 1830. The van der Waals surface area contributed by atoms with Crippen LogP contribution in [-0.2, 0) is 10.8 Å². The number of hydrogen-bond donors (Lipinski definition) is 4. The van der Waals surface area contributed by atoms with E-state index in [1.54, 1.807) is 0 Å². The van der Waals surface area contributed by atoms with Crippen LogP contribution < -0.4 is 0 Å². The number of phenolic OH excluding ortho intramolecular Hbond substituents is 4. The predicted octanol–water partition coefficient (Wildman–Crippen LogP) is 15.6. The standard InChI is InChI=1S/C27H40O2.C27H38O2.CH4/c2*1-5-6-7-8-11-27(12-9-10-13-27)19-15-23(28)25(24(29)16-19)20-14-18(2)21-17-22(20)26(21,3)4;/h14-16,20-22,28-29H,5-13,17H2,1-4H3;8,11,14-16,20-22,28-29H,5-7,9-10,12-13,17H2,1-4H3;1H4/b;11-8-;/t2*20-,21+,22-;/m01./s1. The first kappa shape index (κ1) is 45.4. The molecule has 4 N–H and O–H groups in total. The van der Waals surface area contributed by atoms with Gasteiger partial charge in [0, 0.05) is 28.4 Å². The van der Waals surface area contributed by atoms with E-state index in [2.05, 4.69) is 79.7 Å². The van der Waals surface area contributed by atoms with E-state index in [-0.39, 0.29) is 52.4 Å². The zero-order valence-corrected chi connectivity index (χ0v) is 37.6. The van der Waals surface area contributed by atoms with Gasteiger partial charge in [0.25, 0.3) is 0 Å². The maximum atomic E-state index is 11.1. The molecular weight excluding hydrogens is 725 g/mol. The Labute approximate surface area is 359 Å². The van der Waals surface area contributed by atoms with Gasteiger partial charge >= 0.3 is 0 Å². The van der Waals surface area contributed by atoms with Gasteiger partial charge in [-0.15, -0.1) is 0 Å². The summed E-state index contributed by atoms with van der Waals surface area (Å²) >= 11 is 0. The summed E-state index contributed by atoms with van der Waals surface area (Å²) in [6, 6.07) is 7.96. The molecule has 4 bridgehead atoms. The van der Waals surface area contributed by atoms with Crippen LogP contribution in [0.2, 0.25) is 0 Å². The number of benzene rings is 2. The summed E-state index contributed by atoms with van der Waals surface area (Å²) in [5.41, 5.74) is 7.24. The van der Waals surface area contributed by atoms with E-state index in [4.69, 9.17) is 0 Å². The van der Waals surface area contributed by atoms with Gasteiger partial charge in [-0.25, -0.2) is 0 Å². The van der Waals surface area contributed by atoms with Crippen LogP contribution in [0.5, 0.6) is 23.0 Å². The predicted molar refractivity (Wildman–Crippen MR) is 248 cm³/mol. The molecule has 326 valence electrons. The molecule has 59 heavy (non-hydrogen) atoms. The highest BCUT2D eigenvalue weighted by molar-refractivity contribution is 5.56. The van der Waals surface area contributed by atoms with Gasteiger partial charge in [-0.3, -0.25) is 0 Å². The summed E-state index contributed by atoms with van der Waals surface area (Å²) in [6.07, 6.45) is 31.0. The van der Waals surface area contributed by atoms with E-state index >= 15 is 0 Å². The molecule has 0 radical (unpaired) electrons. The van der Waals surface area contributed by atoms with Gasteiger partial charge in [-0.1, -0.05) is 149 Å². The summed E-state index contributed by atoms with van der Waals surface area (Å²) in [6.45, 7) is 18.3. The second-order valence-corrected chi connectivity index (χ2v) is 21.4. The Morgan fingerprint density at radius 1 is 0.593 bits per heavy atom. The molecule has 4 fully saturated rings. The molecule has 0 aliphatic heterocycles. The minimum Gasteiger partial charge on any atom is -0.507 e. The van der Waals surface area contributed by atoms with Crippen molar-refractivity contribution in [2.24, 2.45) is 34.5 Å². The first-order valence-corrected chi connectivity index (χ1v) is 23.8. The minimum atomic E-state index is -0.0274. The van der Waals surface area contributed by atoms with Gasteiger partial charge in [0.1, 0.15) is 23.0 Å². The van der Waals surface area contributed by atoms with Crippen molar-refractivity contribution >= 4 is 0 Å². The Morgan fingerprint density at radius 3 is 1.46 bits per heavy atom. The topological polar surface area (TPSA) is 80.9 Å². The van der Waals surface area contributed by atoms with Crippen LogP contribution >= 0.6 is 0 Å². The van der Waals surface area contributed by atoms with Crippen LogP contribution in [0.1, 0.15) is 212 Å². The molecule has 8 aliphatic carbocycles. The minimum absolute atomic E-state index is 0. The molecule has 0 aromatic heterocycles. The molecule has 0 saturated heterocycles. The highest BCUT2D eigenvalue weighted by Crippen LogP contribution is 2.66. The average molecular weight is 807 g/mol. The Morgan fingerprint density at radius 2 is 1.03 bits per heavy atom. The fourth-order valence-corrected chi connectivity index (χ4v) is 13.6. The smallest absolute Gasteiger partial charge is 0.123 e. The quantitative estimate of drug-likeness (QED) is 0.120. The molecule has 4 heteroatoms. The summed E-state index contributed by atoms with van der Waals surface area (Å²) in [5, 5.41) is 44.4. The van der Waals surface area contributed by atoms with Gasteiger partial charge < -0.3 is 20.4 Å². The van der Waals surface area contributed by atoms with Crippen molar-refractivity contribution in [2.45, 2.75) is 201 Å². The van der Waals surface area contributed by atoms with Crippen LogP contribution in [0.3, 0.4) is 0 Å². The molecule has 4 nitrogen and oxygen atoms in total. The van der Waals surface area contributed by atoms with Crippen molar-refractivity contribution in [3.8, 4) is 23.0 Å². The van der Waals surface area contributed by atoms with E-state index in [9.17, 15) is 20.4 Å². The van der Waals surface area contributed by atoms with E-state index in [1.807, 2.05) is 24.3 Å². The lowest BCUT2D eigenvalue weighted by Crippen LogP contribution is -2.50. The molecule has 0 amide bonds. The number of aromatic hydroxyl groups is 4. The molecule has 0 unspecified atom stereocenters. The van der Waals surface area contributed by atoms with Crippen molar-refractivity contribution in [1.82, 2.24) is 0 Å². The van der Waals surface area contributed by atoms with Crippen LogP contribution in [-0.4, -0.2) is 20.4 Å². The maximum Gasteiger partial charge on any atom is 0.123 e. The van der Waals surface area contributed by atoms with Gasteiger partial charge in [-0.2, -0.15) is 0 Å². The SMILES string of the molecule is C.CCCC/C=C\C1(c2cc(O)c([C@@H]3C=C(C)[C@@H]4C[C@H]3C4(C)C)c(O)c2)CCCC1.CCCCCCC1(c2cc(O)c([C@H]3C=C(C)[C@H]4C[C@@H]3C4(C)C)c(O)c2)CCCC1. The largest absolute Gasteiger partial charge is 0.507 e. The lowest BCUT2D eigenvalue weighted by atomic mass is 9.45. The number of allylic oxidation sites excluding steroid dienone is 6. The zero-order valence-electron chi connectivity index (χ0n) is 37.6. The molecule has 10 rings (SSSR count). The molecule has 4 saturated carbocycles. The molecule has 2 aromatic carbocycles. The summed E-state index contributed by atoms with van der Waals surface area (Å²) in [5.74, 6) is 3.76. The second kappa shape index (κ2) is 17.7. The van der Waals surface area contributed by atoms with Gasteiger partial charge in [0.15, 0.2) is 0 Å². The molecule has 0 heterocycles. The molecule has 0 spiro atoms. The Balaban J connectivity index is 0.000000195. The highest BCUT2D eigenvalue weighted by Gasteiger charge is 2.56. The van der Waals surface area contributed by atoms with E-state index in [1.165, 1.54) is 113 Å². The molecule has 2 aromatic rings. The van der Waals surface area contributed by atoms with Crippen LogP contribution in [0.4, 0.5) is 0 Å². The molecule has 6 atom stereocenters. The lowest BCUT2D eigenvalue weighted by molar-refractivity contribution is -0.0199. The summed E-state index contributed by atoms with van der Waals surface area (Å²) in [4.78, 5) is 0. The number of unbranched alkanes of at least 4 members (excludes halogenated alkanes) is 5. The Kier molecular flexibility index (Phi) is 13.6. The van der Waals surface area contributed by atoms with Crippen LogP contribution in [0, 0.1) is 34.5 Å². The molecule has 8 aliphatic rings. The van der Waals surface area contributed by atoms with Crippen molar-refractivity contribution in [1.29, 1.82) is 0 Å². The van der Waals surface area contributed by atoms with Crippen molar-refractivity contribution in [2.75, 3.05) is 0 Å². The van der Waals surface area contributed by atoms with Crippen LogP contribution in [0.15, 0.2) is 59.7 Å². The normalized spacial score (nSPS) is 29.0. The summed E-state index contributed by atoms with van der Waals surface area (Å²) in [7, 11) is 0. The van der Waals surface area contributed by atoms with Gasteiger partial charge in [0.05, 0.1) is 0 Å². The number of hydrogen-bond acceptors (Lipinski definition) is 4. The lowest BCUT2D eigenvalue weighted by Gasteiger charge is -2.59. The first-order valence-electron chi connectivity index (χ1n) is 23.8. The third-order valence-electron chi connectivity index (χ3n) is 17.4. The zero-order chi connectivity index (χ0) is 41.6. The second-order valence-electron chi connectivity index (χ2n) is 21.4. The Hall–Kier alpha value is -3.14. The fourth-order valence-electron chi connectivity index (χ4n) is 13.6. The average Bonchev–Trinajstić information content (AvgIpc) is 3.86. The van der Waals surface area contributed by atoms with Crippen molar-refractivity contribution < 1.29 is 20.4 Å². The van der Waals surface area contributed by atoms with Gasteiger partial charge in [0.2, 0.25) is 0 Å². The number of phenols is 4. The third-order valence-corrected chi connectivity index (χ3v) is 17.4. The maximum absolute atomic E-state index is 11.1. The number of rotatable bonds is 13. The number of fused-ring (bicyclic) bond motifs is 2. The highest BCUT2D eigenvalue weighted by atomic mass is 16.3. The summed E-state index contributed by atoms with van der Waals surface area (Å²) < 4.78 is 0. The first-order chi connectivity index (χ1) is 27.6. The molecular formula is C55H82O4. The third kappa shape index (κ3) is 8.18. The van der Waals surface area contributed by atoms with E-state index < -0.39 is 0 Å². The van der Waals surface area contributed by atoms with E-state index in [0.717, 1.165) is 36.0 Å². The van der Waals surface area contributed by atoms with Gasteiger partial charge in [-0.05, 0) is 141 Å². The van der Waals surface area contributed by atoms with E-state index in [0.29, 0.717) is 35.2 Å². The fraction of sp³-hybridized carbons (Fsp3) is 0.673. The van der Waals surface area contributed by atoms with Crippen molar-refractivity contribution in [3.63, 3.8) is 0 Å². The van der Waals surface area contributed by atoms with Crippen molar-refractivity contribution in [3.05, 3.63) is 82.0 Å².